The fourth-order valence-corrected chi connectivity index (χ4v) is 8.89. The molecular formula is C49H73N17O11. The van der Waals surface area contributed by atoms with Crippen LogP contribution >= 0.6 is 0 Å². The topological polar surface area (TPSA) is 451 Å². The minimum Gasteiger partial charge on any atom is -0.394 e. The van der Waals surface area contributed by atoms with E-state index < -0.39 is 132 Å². The molecule has 2 saturated heterocycles. The van der Waals surface area contributed by atoms with Crippen LogP contribution in [0.1, 0.15) is 83.4 Å². The first-order chi connectivity index (χ1) is 36.7. The summed E-state index contributed by atoms with van der Waals surface area (Å²) in [5.41, 5.74) is 24.6. The minimum atomic E-state index is -1.68. The van der Waals surface area contributed by atoms with Gasteiger partial charge in [-0.25, -0.2) is 4.98 Å². The molecule has 5 rings (SSSR count). The van der Waals surface area contributed by atoms with Crippen LogP contribution in [0.25, 0.3) is 10.9 Å². The highest BCUT2D eigenvalue weighted by molar-refractivity contribution is 5.99. The molecule has 0 saturated carbocycles. The molecule has 28 nitrogen and oxygen atoms in total. The van der Waals surface area contributed by atoms with Gasteiger partial charge in [-0.3, -0.25) is 52.9 Å². The fraction of sp³-hybridized carbons (Fsp3) is 0.551. The third kappa shape index (κ3) is 17.5. The lowest BCUT2D eigenvalue weighted by Gasteiger charge is -2.31. The molecule has 9 atom stereocenters. The number of H-pyrrole nitrogens is 2. The normalized spacial score (nSPS) is 25.8. The quantitative estimate of drug-likeness (QED) is 0.0488. The number of benzene rings is 1. The van der Waals surface area contributed by atoms with Crippen molar-refractivity contribution in [2.45, 2.75) is 139 Å². The number of hydrogen-bond acceptors (Lipinski definition) is 14. The maximum atomic E-state index is 14.7. The molecule has 2 aromatic heterocycles. The summed E-state index contributed by atoms with van der Waals surface area (Å²) in [6.07, 6.45) is 5.16. The van der Waals surface area contributed by atoms with Crippen molar-refractivity contribution in [2.75, 3.05) is 26.2 Å². The van der Waals surface area contributed by atoms with Crippen LogP contribution in [-0.2, 0) is 60.8 Å². The molecule has 0 radical (unpaired) electrons. The molecule has 3 aromatic rings. The second-order valence-corrected chi connectivity index (χ2v) is 19.5. The summed E-state index contributed by atoms with van der Waals surface area (Å²) in [7, 11) is 0. The first-order valence-corrected chi connectivity index (χ1v) is 25.6. The van der Waals surface area contributed by atoms with Crippen LogP contribution in [-0.4, -0.2) is 171 Å². The molecule has 0 unspecified atom stereocenters. The Labute approximate surface area is 443 Å². The lowest BCUT2D eigenvalue weighted by atomic mass is 10.0. The Morgan fingerprint density at radius 1 is 0.766 bits per heavy atom. The smallest absolute Gasteiger partial charge is 0.246 e. The molecule has 28 heteroatoms. The van der Waals surface area contributed by atoms with E-state index in [-0.39, 0.29) is 64.1 Å². The van der Waals surface area contributed by atoms with Gasteiger partial charge in [-0.15, -0.1) is 0 Å². The lowest BCUT2D eigenvalue weighted by molar-refractivity contribution is -0.142. The Morgan fingerprint density at radius 3 is 2.14 bits per heavy atom. The number of fused-ring (bicyclic) bond motifs is 2. The summed E-state index contributed by atoms with van der Waals surface area (Å²) in [5, 5.41) is 31.9. The van der Waals surface area contributed by atoms with E-state index in [1.165, 1.54) is 24.3 Å². The van der Waals surface area contributed by atoms with Gasteiger partial charge in [0.25, 0.3) is 0 Å². The molecule has 0 spiro atoms. The Bertz CT molecular complexity index is 2600. The maximum absolute atomic E-state index is 14.7. The van der Waals surface area contributed by atoms with Crippen LogP contribution in [0.3, 0.4) is 0 Å². The Kier molecular flexibility index (Phi) is 22.2. The number of carbonyl (C=O) groups excluding carboxylic acids is 10. The van der Waals surface area contributed by atoms with Crippen LogP contribution in [0.15, 0.2) is 48.0 Å². The van der Waals surface area contributed by atoms with E-state index in [1.807, 2.05) is 6.07 Å². The van der Waals surface area contributed by atoms with Gasteiger partial charge in [0.05, 0.1) is 25.4 Å². The highest BCUT2D eigenvalue weighted by Crippen LogP contribution is 2.23. The van der Waals surface area contributed by atoms with Crippen molar-refractivity contribution in [3.63, 3.8) is 0 Å². The first kappa shape index (κ1) is 59.7. The number of aliphatic hydroxyl groups excluding tert-OH is 1. The number of carbonyl (C=O) groups is 10. The van der Waals surface area contributed by atoms with E-state index in [0.29, 0.717) is 30.5 Å². The number of nitrogens with one attached hydrogen (secondary N) is 10. The third-order valence-electron chi connectivity index (χ3n) is 13.2. The molecule has 0 bridgehead atoms. The van der Waals surface area contributed by atoms with E-state index in [2.05, 4.69) is 62.5 Å². The van der Waals surface area contributed by atoms with E-state index in [0.717, 1.165) is 10.9 Å². The number of hydrogen-bond donors (Lipinski definition) is 15. The van der Waals surface area contributed by atoms with Crippen LogP contribution in [0.4, 0.5) is 0 Å². The van der Waals surface area contributed by atoms with E-state index >= 15 is 0 Å². The monoisotopic (exact) mass is 1080 g/mol. The highest BCUT2D eigenvalue weighted by Gasteiger charge is 2.41. The number of aromatic nitrogens is 3. The second-order valence-electron chi connectivity index (χ2n) is 19.5. The summed E-state index contributed by atoms with van der Waals surface area (Å²) >= 11 is 0. The zero-order chi connectivity index (χ0) is 56.3. The molecule has 10 amide bonds. The summed E-state index contributed by atoms with van der Waals surface area (Å²) in [6.45, 7) is 3.78. The molecule has 2 fully saturated rings. The molecule has 19 N–H and O–H groups in total. The number of para-hydroxylation sites is 1. The van der Waals surface area contributed by atoms with Crippen molar-refractivity contribution < 1.29 is 53.1 Å². The fourth-order valence-electron chi connectivity index (χ4n) is 8.89. The van der Waals surface area contributed by atoms with Gasteiger partial charge in [0, 0.05) is 61.5 Å². The van der Waals surface area contributed by atoms with Gasteiger partial charge in [-0.2, -0.15) is 0 Å². The number of amides is 10. The average molecular weight is 1080 g/mol. The SMILES string of the molecule is CC(C)[C@@H]1NC(=O)[C@H](CO)NC(=O)[C@H](Cc2c[nH]c3ccccc23)NC(=O)[C@@H]2CCCN2C(=O)[C@H](Cc2cnc[nH]2)NC(=O)[C@@H](CCCN=C(N)N)NC(=O)[C@@H](N)CCCCNC(=O)C[C@@H](C(N)=O)NC(=O)[C@H](C)NC1=O. The van der Waals surface area contributed by atoms with Gasteiger partial charge >= 0.3 is 0 Å². The molecule has 2 aliphatic heterocycles. The first-order valence-electron chi connectivity index (χ1n) is 25.6. The van der Waals surface area contributed by atoms with Crippen LogP contribution in [0, 0.1) is 5.92 Å². The van der Waals surface area contributed by atoms with Crippen molar-refractivity contribution in [3.05, 3.63) is 54.2 Å². The number of aliphatic hydroxyl groups is 1. The standard InChI is InChI=1S/C49H73N17O11/c1-25(2)39-47(76)59-26(3)41(70)61-33(40(51)69)20-38(68)55-15-7-6-11-30(50)42(71)60-32(13-8-16-56-49(52)53)43(72)63-35(19-28-22-54-24-58-28)48(77)66-17-9-14-37(66)46(75)62-34(44(73)64-36(23-67)45(74)65-39)18-27-21-57-31-12-5-4-10-29(27)31/h4-5,10,12,21-22,24-26,30,32-37,39,57,67H,6-9,11,13-20,23,50H2,1-3H3,(H2,51,69)(H,54,58)(H,55,68)(H,59,76)(H,60,71)(H,61,70)(H,62,75)(H,63,72)(H,64,73)(H,65,74)(H4,52,53,56)/t26-,30-,32+,33-,34-,35-,36-,37-,39-/m0/s1. The van der Waals surface area contributed by atoms with Gasteiger partial charge in [0.15, 0.2) is 5.96 Å². The summed E-state index contributed by atoms with van der Waals surface area (Å²) in [5.74, 6) is -9.01. The zero-order valence-electron chi connectivity index (χ0n) is 43.4. The lowest BCUT2D eigenvalue weighted by Crippen LogP contribution is -2.61. The molecule has 0 aliphatic carbocycles. The van der Waals surface area contributed by atoms with Gasteiger partial charge in [0.2, 0.25) is 59.1 Å². The van der Waals surface area contributed by atoms with Crippen molar-refractivity contribution >= 4 is 75.9 Å². The van der Waals surface area contributed by atoms with Gasteiger partial charge in [-0.05, 0) is 69.4 Å². The van der Waals surface area contributed by atoms with Crippen molar-refractivity contribution in [1.29, 1.82) is 0 Å². The average Bonchev–Trinajstić information content (AvgIpc) is 4.20. The number of imidazole rings is 1. The van der Waals surface area contributed by atoms with Gasteiger partial charge in [0.1, 0.15) is 48.3 Å². The molecule has 420 valence electrons. The highest BCUT2D eigenvalue weighted by atomic mass is 16.3. The van der Waals surface area contributed by atoms with Crippen molar-refractivity contribution in [1.82, 2.24) is 62.4 Å². The zero-order valence-corrected chi connectivity index (χ0v) is 43.4. The Balaban J connectivity index is 1.48. The molecular weight excluding hydrogens is 1000 g/mol. The largest absolute Gasteiger partial charge is 0.394 e. The summed E-state index contributed by atoms with van der Waals surface area (Å²) < 4.78 is 0. The predicted molar refractivity (Wildman–Crippen MR) is 279 cm³/mol. The summed E-state index contributed by atoms with van der Waals surface area (Å²) in [4.78, 5) is 153. The number of primary amides is 1. The molecule has 2 aliphatic rings. The number of nitrogens with zero attached hydrogens (tertiary/aromatic N) is 3. The van der Waals surface area contributed by atoms with Gasteiger partial charge in [-0.1, -0.05) is 32.0 Å². The van der Waals surface area contributed by atoms with E-state index in [4.69, 9.17) is 22.9 Å². The van der Waals surface area contributed by atoms with E-state index in [9.17, 15) is 53.1 Å². The predicted octanol–water partition coefficient (Wildman–Crippen LogP) is -4.71. The number of nitrogens with two attached hydrogens (primary N) is 4. The Hall–Kier alpha value is -8.14. The number of guanidine groups is 1. The molecule has 77 heavy (non-hydrogen) atoms. The Morgan fingerprint density at radius 2 is 1.45 bits per heavy atom. The minimum absolute atomic E-state index is 0.00407. The number of aliphatic imine (C=N–C) groups is 1. The molecule has 1 aromatic carbocycles. The van der Waals surface area contributed by atoms with Crippen molar-refractivity contribution in [3.8, 4) is 0 Å². The summed E-state index contributed by atoms with van der Waals surface area (Å²) in [6, 6.07) is -4.93. The number of aromatic amines is 2. The van der Waals surface area contributed by atoms with Crippen LogP contribution < -0.4 is 65.5 Å². The second kappa shape index (κ2) is 28.7. The van der Waals surface area contributed by atoms with Crippen LogP contribution in [0.2, 0.25) is 0 Å². The van der Waals surface area contributed by atoms with E-state index in [1.54, 1.807) is 38.2 Å². The van der Waals surface area contributed by atoms with Crippen molar-refractivity contribution in [2.24, 2.45) is 33.8 Å². The molecule has 4 heterocycles. The third-order valence-corrected chi connectivity index (χ3v) is 13.2. The van der Waals surface area contributed by atoms with Crippen LogP contribution in [0.5, 0.6) is 0 Å². The number of rotatable bonds is 11. The maximum Gasteiger partial charge on any atom is 0.246 e. The van der Waals surface area contributed by atoms with Gasteiger partial charge < -0.3 is 85.4 Å².